The molecule has 2 aromatic carbocycles. The van der Waals surface area contributed by atoms with Gasteiger partial charge in [-0.2, -0.15) is 0 Å². The maximum Gasteiger partial charge on any atom is 0.326 e. The Morgan fingerprint density at radius 2 is 1.71 bits per heavy atom. The predicted octanol–water partition coefficient (Wildman–Crippen LogP) is 3.12. The summed E-state index contributed by atoms with van der Waals surface area (Å²) in [4.78, 5) is 10.9. The van der Waals surface area contributed by atoms with Gasteiger partial charge in [-0.05, 0) is 22.8 Å². The van der Waals surface area contributed by atoms with E-state index in [9.17, 15) is 13.2 Å². The van der Waals surface area contributed by atoms with Gasteiger partial charge in [0.2, 0.25) is 0 Å². The van der Waals surface area contributed by atoms with Crippen molar-refractivity contribution in [2.45, 2.75) is 10.3 Å². The monoisotopic (exact) mass is 324 g/mol. The number of sulfone groups is 1. The standard InChI is InChI=1S/C15H13ClO4S/c1-21(19,20)13-9-11(10-5-3-2-4-6-10)7-8-12(13)14(16)15(17)18/h2-9,14H,1H3,(H,17,18). The van der Waals surface area contributed by atoms with Crippen LogP contribution in [0.5, 0.6) is 0 Å². The first-order valence-electron chi connectivity index (χ1n) is 6.07. The van der Waals surface area contributed by atoms with Crippen molar-refractivity contribution >= 4 is 27.4 Å². The normalized spacial score (nSPS) is 12.9. The number of hydrogen-bond acceptors (Lipinski definition) is 3. The average molecular weight is 325 g/mol. The van der Waals surface area contributed by atoms with E-state index in [2.05, 4.69) is 0 Å². The van der Waals surface area contributed by atoms with Gasteiger partial charge >= 0.3 is 5.97 Å². The van der Waals surface area contributed by atoms with E-state index >= 15 is 0 Å². The van der Waals surface area contributed by atoms with Crippen LogP contribution in [0.1, 0.15) is 10.9 Å². The number of carboxylic acids is 1. The summed E-state index contributed by atoms with van der Waals surface area (Å²) in [6.45, 7) is 0. The zero-order chi connectivity index (χ0) is 15.6. The first kappa shape index (κ1) is 15.5. The lowest BCUT2D eigenvalue weighted by Crippen LogP contribution is -2.10. The largest absolute Gasteiger partial charge is 0.480 e. The number of carbonyl (C=O) groups is 1. The van der Waals surface area contributed by atoms with Crippen LogP contribution in [-0.2, 0) is 14.6 Å². The van der Waals surface area contributed by atoms with Crippen LogP contribution in [0.3, 0.4) is 0 Å². The maximum absolute atomic E-state index is 11.9. The van der Waals surface area contributed by atoms with Crippen LogP contribution in [0.15, 0.2) is 53.4 Å². The zero-order valence-electron chi connectivity index (χ0n) is 11.2. The molecule has 0 saturated heterocycles. The molecule has 0 bridgehead atoms. The van der Waals surface area contributed by atoms with Gasteiger partial charge in [-0.15, -0.1) is 11.6 Å². The van der Waals surface area contributed by atoms with Crippen molar-refractivity contribution < 1.29 is 18.3 Å². The first-order chi connectivity index (χ1) is 9.80. The van der Waals surface area contributed by atoms with Crippen molar-refractivity contribution in [2.24, 2.45) is 0 Å². The number of rotatable bonds is 4. The minimum atomic E-state index is -3.59. The summed E-state index contributed by atoms with van der Waals surface area (Å²) in [6, 6.07) is 13.8. The van der Waals surface area contributed by atoms with E-state index in [-0.39, 0.29) is 10.5 Å². The predicted molar refractivity (Wildman–Crippen MR) is 81.2 cm³/mol. The molecule has 0 aliphatic rings. The van der Waals surface area contributed by atoms with E-state index in [1.807, 2.05) is 30.3 Å². The van der Waals surface area contributed by atoms with Gasteiger partial charge in [-0.3, -0.25) is 4.79 Å². The molecule has 0 aromatic heterocycles. The zero-order valence-corrected chi connectivity index (χ0v) is 12.7. The summed E-state index contributed by atoms with van der Waals surface area (Å²) in [6.07, 6.45) is 1.03. The Kier molecular flexibility index (Phi) is 4.34. The summed E-state index contributed by atoms with van der Waals surface area (Å²) >= 11 is 5.79. The van der Waals surface area contributed by atoms with Crippen LogP contribution < -0.4 is 0 Å². The molecular formula is C15H13ClO4S. The van der Waals surface area contributed by atoms with Crippen LogP contribution in [0.25, 0.3) is 11.1 Å². The highest BCUT2D eigenvalue weighted by Gasteiger charge is 2.24. The number of carboxylic acid groups (broad SMARTS) is 1. The molecule has 1 N–H and O–H groups in total. The maximum atomic E-state index is 11.9. The molecule has 0 fully saturated rings. The summed E-state index contributed by atoms with van der Waals surface area (Å²) in [5.41, 5.74) is 1.61. The molecule has 1 unspecified atom stereocenters. The third-order valence-corrected chi connectivity index (χ3v) is 4.58. The average Bonchev–Trinajstić information content (AvgIpc) is 2.46. The second kappa shape index (κ2) is 5.87. The molecule has 2 aromatic rings. The lowest BCUT2D eigenvalue weighted by Gasteiger charge is -2.12. The Hall–Kier alpha value is -1.85. The fraction of sp³-hybridized carbons (Fsp3) is 0.133. The number of benzene rings is 2. The molecule has 6 heteroatoms. The fourth-order valence-corrected chi connectivity index (χ4v) is 3.22. The molecule has 0 aliphatic carbocycles. The van der Waals surface area contributed by atoms with Gasteiger partial charge in [0, 0.05) is 6.26 Å². The molecule has 0 amide bonds. The third-order valence-electron chi connectivity index (χ3n) is 3.01. The van der Waals surface area contributed by atoms with Gasteiger partial charge in [0.1, 0.15) is 0 Å². The van der Waals surface area contributed by atoms with E-state index < -0.39 is 21.2 Å². The molecule has 4 nitrogen and oxygen atoms in total. The van der Waals surface area contributed by atoms with Gasteiger partial charge in [0.25, 0.3) is 0 Å². The number of halogens is 1. The van der Waals surface area contributed by atoms with Gasteiger partial charge in [-0.25, -0.2) is 8.42 Å². The Bertz CT molecular complexity index is 770. The molecule has 21 heavy (non-hydrogen) atoms. The van der Waals surface area contributed by atoms with E-state index in [1.54, 1.807) is 6.07 Å². The molecule has 0 heterocycles. The fourth-order valence-electron chi connectivity index (χ4n) is 2.01. The highest BCUT2D eigenvalue weighted by atomic mass is 35.5. The lowest BCUT2D eigenvalue weighted by molar-refractivity contribution is -0.136. The molecule has 110 valence electrons. The summed E-state index contributed by atoms with van der Waals surface area (Å²) in [5, 5.41) is 7.58. The van der Waals surface area contributed by atoms with E-state index in [0.717, 1.165) is 11.8 Å². The van der Waals surface area contributed by atoms with Crippen LogP contribution in [0.4, 0.5) is 0 Å². The summed E-state index contributed by atoms with van der Waals surface area (Å²) < 4.78 is 23.8. The molecule has 0 aliphatic heterocycles. The number of alkyl halides is 1. The van der Waals surface area contributed by atoms with Crippen LogP contribution >= 0.6 is 11.6 Å². The highest BCUT2D eigenvalue weighted by Crippen LogP contribution is 2.31. The molecule has 0 spiro atoms. The van der Waals surface area contributed by atoms with E-state index in [1.165, 1.54) is 12.1 Å². The molecule has 0 radical (unpaired) electrons. The smallest absolute Gasteiger partial charge is 0.326 e. The number of aliphatic carboxylic acids is 1. The van der Waals surface area contributed by atoms with Crippen molar-refractivity contribution in [3.8, 4) is 11.1 Å². The molecule has 2 rings (SSSR count). The minimum Gasteiger partial charge on any atom is -0.480 e. The molecule has 0 saturated carbocycles. The topological polar surface area (TPSA) is 71.4 Å². The second-order valence-electron chi connectivity index (χ2n) is 4.59. The Morgan fingerprint density at radius 3 is 2.24 bits per heavy atom. The van der Waals surface area contributed by atoms with Gasteiger partial charge in [0.05, 0.1) is 4.90 Å². The van der Waals surface area contributed by atoms with E-state index in [0.29, 0.717) is 5.56 Å². The number of hydrogen-bond donors (Lipinski definition) is 1. The van der Waals surface area contributed by atoms with Crippen LogP contribution in [0, 0.1) is 0 Å². The van der Waals surface area contributed by atoms with Gasteiger partial charge in [-0.1, -0.05) is 42.5 Å². The van der Waals surface area contributed by atoms with Crippen LogP contribution in [0.2, 0.25) is 0 Å². The first-order valence-corrected chi connectivity index (χ1v) is 8.40. The van der Waals surface area contributed by atoms with E-state index in [4.69, 9.17) is 16.7 Å². The molecule has 1 atom stereocenters. The quantitative estimate of drug-likeness (QED) is 0.877. The Morgan fingerprint density at radius 1 is 1.10 bits per heavy atom. The van der Waals surface area contributed by atoms with Crippen molar-refractivity contribution in [3.63, 3.8) is 0 Å². The minimum absolute atomic E-state index is 0.0637. The highest BCUT2D eigenvalue weighted by molar-refractivity contribution is 7.90. The Labute approximate surface area is 127 Å². The second-order valence-corrected chi connectivity index (χ2v) is 7.01. The van der Waals surface area contributed by atoms with Crippen molar-refractivity contribution in [3.05, 3.63) is 54.1 Å². The molecular weight excluding hydrogens is 312 g/mol. The van der Waals surface area contributed by atoms with Gasteiger partial charge in [0.15, 0.2) is 15.2 Å². The summed E-state index contributed by atoms with van der Waals surface area (Å²) in [7, 11) is -3.59. The Balaban J connectivity index is 2.64. The van der Waals surface area contributed by atoms with Crippen molar-refractivity contribution in [1.29, 1.82) is 0 Å². The third kappa shape index (κ3) is 3.43. The van der Waals surface area contributed by atoms with Crippen molar-refractivity contribution in [1.82, 2.24) is 0 Å². The van der Waals surface area contributed by atoms with Crippen molar-refractivity contribution in [2.75, 3.05) is 6.26 Å². The SMILES string of the molecule is CS(=O)(=O)c1cc(-c2ccccc2)ccc1C(Cl)C(=O)O. The van der Waals surface area contributed by atoms with Crippen LogP contribution in [-0.4, -0.2) is 25.7 Å². The van der Waals surface area contributed by atoms with Gasteiger partial charge < -0.3 is 5.11 Å². The lowest BCUT2D eigenvalue weighted by atomic mass is 10.0. The summed E-state index contributed by atoms with van der Waals surface area (Å²) in [5.74, 6) is -1.28.